The van der Waals surface area contributed by atoms with Crippen LogP contribution in [0.5, 0.6) is 0 Å². The van der Waals surface area contributed by atoms with E-state index in [0.29, 0.717) is 0 Å². The second-order valence-corrected chi connectivity index (χ2v) is 4.92. The highest BCUT2D eigenvalue weighted by atomic mass is 27.0. The molecule has 0 heterocycles. The van der Waals surface area contributed by atoms with Gasteiger partial charge in [0, 0.05) is 0 Å². The second-order valence-electron chi connectivity index (χ2n) is 3.92. The average Bonchev–Trinajstić information content (AvgIpc) is 2.32. The molecule has 1 heteroatoms. The molecule has 0 aromatic heterocycles. The Balaban J connectivity index is 0.000000280. The maximum Gasteiger partial charge on any atom is 0.211 e. The quantitative estimate of drug-likeness (QED) is 0.500. The molecule has 0 radical (unpaired) electrons. The van der Waals surface area contributed by atoms with Gasteiger partial charge in [0.15, 0.2) is 0 Å². The lowest BCUT2D eigenvalue weighted by Gasteiger charge is -1.96. The van der Waals surface area contributed by atoms with E-state index in [1.165, 1.54) is 60.1 Å². The molecule has 15 heavy (non-hydrogen) atoms. The van der Waals surface area contributed by atoms with Crippen LogP contribution in [0.3, 0.4) is 0 Å². The zero-order valence-electron chi connectivity index (χ0n) is 10.4. The van der Waals surface area contributed by atoms with E-state index >= 15 is 0 Å². The normalized spacial score (nSPS) is 9.13. The Hall–Kier alpha value is -0.248. The van der Waals surface area contributed by atoms with Crippen molar-refractivity contribution in [2.75, 3.05) is 0 Å². The van der Waals surface area contributed by atoms with Gasteiger partial charge in [0.2, 0.25) is 16.3 Å². The molecule has 0 bridgehead atoms. The third kappa shape index (κ3) is 13.8. The summed E-state index contributed by atoms with van der Waals surface area (Å²) in [5, 5.41) is 1.51. The van der Waals surface area contributed by atoms with E-state index in [0.717, 1.165) is 0 Å². The smallest absolute Gasteiger partial charge is 0.101 e. The number of hydrogen-bond donors (Lipinski definition) is 0. The molecule has 0 aliphatic rings. The van der Waals surface area contributed by atoms with E-state index in [-0.39, 0.29) is 0 Å². The minimum absolute atomic E-state index is 1.38. The number of hydrogen-bond acceptors (Lipinski definition) is 0. The minimum atomic E-state index is 1.38. The number of unbranched alkanes of at least 4 members (excludes halogenated alkanes) is 5. The summed E-state index contributed by atoms with van der Waals surface area (Å²) in [4.78, 5) is 0. The van der Waals surface area contributed by atoms with E-state index in [4.69, 9.17) is 0 Å². The zero-order valence-corrected chi connectivity index (χ0v) is 12.4. The molecule has 1 aromatic rings. The van der Waals surface area contributed by atoms with E-state index in [9.17, 15) is 0 Å². The van der Waals surface area contributed by atoms with Crippen molar-refractivity contribution in [2.45, 2.75) is 50.7 Å². The highest BCUT2D eigenvalue weighted by molar-refractivity contribution is 6.08. The first-order valence-corrected chi connectivity index (χ1v) is 7.83. The highest BCUT2D eigenvalue weighted by Gasteiger charge is 1.85. The third-order valence-corrected chi connectivity index (χ3v) is 3.08. The minimum Gasteiger partial charge on any atom is -0.101 e. The first kappa shape index (κ1) is 14.8. The van der Waals surface area contributed by atoms with Gasteiger partial charge in [0.25, 0.3) is 0 Å². The van der Waals surface area contributed by atoms with Crippen molar-refractivity contribution in [1.29, 1.82) is 0 Å². The van der Waals surface area contributed by atoms with Gasteiger partial charge >= 0.3 is 0 Å². The van der Waals surface area contributed by atoms with Crippen LogP contribution in [0.2, 0.25) is 5.28 Å². The Kier molecular flexibility index (Phi) is 13.5. The van der Waals surface area contributed by atoms with Gasteiger partial charge in [0.1, 0.15) is 0 Å². The van der Waals surface area contributed by atoms with Crippen LogP contribution in [0.1, 0.15) is 45.4 Å². The summed E-state index contributed by atoms with van der Waals surface area (Å²) >= 11 is 1.41. The molecule has 0 saturated heterocycles. The van der Waals surface area contributed by atoms with Crippen molar-refractivity contribution in [3.05, 3.63) is 36.4 Å². The Bertz CT molecular complexity index is 151. The summed E-state index contributed by atoms with van der Waals surface area (Å²) in [6.07, 6.45) is 8.76. The fourth-order valence-corrected chi connectivity index (χ4v) is 1.92. The monoisotopic (exact) mass is 220 g/mol. The van der Waals surface area contributed by atoms with Crippen LogP contribution < -0.4 is 0 Å². The van der Waals surface area contributed by atoms with Crippen LogP contribution in [-0.4, -0.2) is 16.3 Å². The Morgan fingerprint density at radius 2 is 1.07 bits per heavy atom. The molecule has 0 spiro atoms. The van der Waals surface area contributed by atoms with Gasteiger partial charge in [-0.2, -0.15) is 0 Å². The van der Waals surface area contributed by atoms with Crippen LogP contribution >= 0.6 is 0 Å². The van der Waals surface area contributed by atoms with Gasteiger partial charge < -0.3 is 0 Å². The standard InChI is InChI=1S/C8H17.C6H6.Al.2H/c1-3-5-7-8-6-4-2;1-2-4-6-5-3-1;;;/h1,3-8H2,2H3;1-6H;;;. The molecule has 0 fully saturated rings. The molecule has 0 saturated carbocycles. The summed E-state index contributed by atoms with van der Waals surface area (Å²) in [7, 11) is 0. The molecule has 0 nitrogen and oxygen atoms in total. The molecular weight excluding hydrogens is 195 g/mol. The summed E-state index contributed by atoms with van der Waals surface area (Å²) < 4.78 is 0. The van der Waals surface area contributed by atoms with Gasteiger partial charge in [-0.05, 0) is 0 Å². The zero-order chi connectivity index (χ0) is 11.2. The Labute approximate surface area is 104 Å². The lowest BCUT2D eigenvalue weighted by atomic mass is 10.1. The molecule has 0 unspecified atom stereocenters. The summed E-state index contributed by atoms with van der Waals surface area (Å²) in [5.41, 5.74) is 0. The summed E-state index contributed by atoms with van der Waals surface area (Å²) in [6, 6.07) is 12.0. The van der Waals surface area contributed by atoms with Crippen molar-refractivity contribution < 1.29 is 0 Å². The van der Waals surface area contributed by atoms with Gasteiger partial charge in [0.05, 0.1) is 0 Å². The molecule has 0 aliphatic carbocycles. The lowest BCUT2D eigenvalue weighted by Crippen LogP contribution is -1.77. The topological polar surface area (TPSA) is 0 Å². The van der Waals surface area contributed by atoms with Crippen molar-refractivity contribution >= 4 is 16.3 Å². The van der Waals surface area contributed by atoms with E-state index in [2.05, 4.69) is 6.92 Å². The maximum absolute atomic E-state index is 2.27. The molecule has 0 amide bonds. The Morgan fingerprint density at radius 3 is 1.47 bits per heavy atom. The van der Waals surface area contributed by atoms with Crippen molar-refractivity contribution in [3.63, 3.8) is 0 Å². The molecule has 0 aliphatic heterocycles. The summed E-state index contributed by atoms with van der Waals surface area (Å²) in [5.74, 6) is 0. The van der Waals surface area contributed by atoms with Crippen LogP contribution in [0.4, 0.5) is 0 Å². The molecule has 1 aromatic carbocycles. The fraction of sp³-hybridized carbons (Fsp3) is 0.571. The predicted molar refractivity (Wildman–Crippen MR) is 73.2 cm³/mol. The van der Waals surface area contributed by atoms with Crippen molar-refractivity contribution in [3.8, 4) is 0 Å². The van der Waals surface area contributed by atoms with Crippen LogP contribution in [0, 0.1) is 0 Å². The van der Waals surface area contributed by atoms with Crippen LogP contribution in [0.15, 0.2) is 36.4 Å². The fourth-order valence-electron chi connectivity index (χ4n) is 1.42. The highest BCUT2D eigenvalue weighted by Crippen LogP contribution is 2.05. The first-order valence-electron chi connectivity index (χ1n) is 6.41. The molecular formula is C14H25Al. The van der Waals surface area contributed by atoms with Crippen LogP contribution in [-0.2, 0) is 0 Å². The Morgan fingerprint density at radius 1 is 0.667 bits per heavy atom. The summed E-state index contributed by atoms with van der Waals surface area (Å²) in [6.45, 7) is 2.27. The maximum atomic E-state index is 2.27. The average molecular weight is 220 g/mol. The van der Waals surface area contributed by atoms with Crippen molar-refractivity contribution in [1.82, 2.24) is 0 Å². The van der Waals surface area contributed by atoms with Crippen LogP contribution in [0.25, 0.3) is 0 Å². The SMILES string of the molecule is CCCCCCC[CH2][AlH2].c1ccccc1. The van der Waals surface area contributed by atoms with E-state index < -0.39 is 0 Å². The van der Waals surface area contributed by atoms with E-state index in [1.54, 1.807) is 0 Å². The molecule has 1 rings (SSSR count). The van der Waals surface area contributed by atoms with Gasteiger partial charge in [-0.3, -0.25) is 0 Å². The third-order valence-electron chi connectivity index (χ3n) is 2.37. The van der Waals surface area contributed by atoms with Gasteiger partial charge in [-0.25, -0.2) is 0 Å². The largest absolute Gasteiger partial charge is 0.211 e. The van der Waals surface area contributed by atoms with E-state index in [1.807, 2.05) is 36.4 Å². The number of benzene rings is 1. The van der Waals surface area contributed by atoms with Gasteiger partial charge in [-0.15, -0.1) is 5.28 Å². The van der Waals surface area contributed by atoms with Crippen molar-refractivity contribution in [2.24, 2.45) is 0 Å². The first-order chi connectivity index (χ1) is 7.41. The lowest BCUT2D eigenvalue weighted by molar-refractivity contribution is 0.624. The molecule has 84 valence electrons. The predicted octanol–water partition coefficient (Wildman–Crippen LogP) is 4.08. The van der Waals surface area contributed by atoms with Gasteiger partial charge in [-0.1, -0.05) is 81.8 Å². The second kappa shape index (κ2) is 13.8. The molecule has 0 atom stereocenters. The molecule has 0 N–H and O–H groups in total. The number of rotatable bonds is 6.